The molecule has 2 unspecified atom stereocenters. The van der Waals surface area contributed by atoms with Crippen LogP contribution in [-0.4, -0.2) is 15.0 Å². The number of hydrogen-bond acceptors (Lipinski definition) is 3. The zero-order valence-electron chi connectivity index (χ0n) is 10.9. The van der Waals surface area contributed by atoms with Crippen molar-refractivity contribution in [2.45, 2.75) is 25.7 Å². The van der Waals surface area contributed by atoms with E-state index in [-0.39, 0.29) is 23.3 Å². The molecule has 1 aromatic carbocycles. The summed E-state index contributed by atoms with van der Waals surface area (Å²) < 4.78 is 28.8. The Labute approximate surface area is 109 Å². The van der Waals surface area contributed by atoms with Crippen LogP contribution >= 0.6 is 0 Å². The molecule has 0 radical (unpaired) electrons. The van der Waals surface area contributed by atoms with Gasteiger partial charge in [0.05, 0.1) is 11.5 Å². The molecule has 0 spiro atoms. The summed E-state index contributed by atoms with van der Waals surface area (Å²) in [6.45, 7) is 5.73. The van der Waals surface area contributed by atoms with E-state index >= 15 is 0 Å². The highest BCUT2D eigenvalue weighted by Gasteiger charge is 2.18. The predicted octanol–water partition coefficient (Wildman–Crippen LogP) is 2.61. The summed E-state index contributed by atoms with van der Waals surface area (Å²) in [5, 5.41) is 0. The summed E-state index contributed by atoms with van der Waals surface area (Å²) in [6, 6.07) is 6.56. The van der Waals surface area contributed by atoms with E-state index in [4.69, 9.17) is 10.6 Å². The minimum Gasteiger partial charge on any atom is -0.266 e. The number of benzene rings is 1. The van der Waals surface area contributed by atoms with Gasteiger partial charge in [0.2, 0.25) is 0 Å². The van der Waals surface area contributed by atoms with E-state index in [0.717, 1.165) is 5.56 Å². The third-order valence-corrected chi connectivity index (χ3v) is 4.21. The van der Waals surface area contributed by atoms with Crippen molar-refractivity contribution >= 4 is 10.1 Å². The molecule has 0 aliphatic rings. The van der Waals surface area contributed by atoms with Gasteiger partial charge in [-0.3, -0.25) is 4.18 Å². The first-order valence-electron chi connectivity index (χ1n) is 5.79. The van der Waals surface area contributed by atoms with Crippen molar-refractivity contribution in [2.24, 2.45) is 11.8 Å². The molecule has 98 valence electrons. The average Bonchev–Trinajstić information content (AvgIpc) is 2.35. The maximum Gasteiger partial charge on any atom is 0.296 e. The van der Waals surface area contributed by atoms with Crippen LogP contribution in [0.25, 0.3) is 0 Å². The quantitative estimate of drug-likeness (QED) is 0.608. The molecule has 0 amide bonds. The molecule has 3 nitrogen and oxygen atoms in total. The van der Waals surface area contributed by atoms with Crippen molar-refractivity contribution < 1.29 is 12.6 Å². The van der Waals surface area contributed by atoms with Crippen LogP contribution in [0.2, 0.25) is 0 Å². The Bertz CT molecular complexity index is 523. The Morgan fingerprint density at radius 3 is 2.33 bits per heavy atom. The Kier molecular flexibility index (Phi) is 4.94. The maximum atomic E-state index is 11.9. The van der Waals surface area contributed by atoms with Crippen molar-refractivity contribution in [3.8, 4) is 12.3 Å². The molecule has 4 heteroatoms. The molecule has 1 aromatic rings. The van der Waals surface area contributed by atoms with Gasteiger partial charge in [-0.1, -0.05) is 31.5 Å². The number of rotatable bonds is 5. The fourth-order valence-corrected chi connectivity index (χ4v) is 2.28. The van der Waals surface area contributed by atoms with Crippen LogP contribution in [0.3, 0.4) is 0 Å². The SMILES string of the molecule is C#CC(C)C(C)COS(=O)(=O)c1ccc(C)cc1. The Morgan fingerprint density at radius 2 is 1.83 bits per heavy atom. The van der Waals surface area contributed by atoms with Crippen LogP contribution in [-0.2, 0) is 14.3 Å². The lowest BCUT2D eigenvalue weighted by atomic mass is 9.98. The largest absolute Gasteiger partial charge is 0.296 e. The van der Waals surface area contributed by atoms with E-state index in [1.807, 2.05) is 20.8 Å². The molecule has 1 rings (SSSR count). The third-order valence-electron chi connectivity index (χ3n) is 2.91. The molecular formula is C14H18O3S. The topological polar surface area (TPSA) is 43.4 Å². The number of aryl methyl sites for hydroxylation is 1. The highest BCUT2D eigenvalue weighted by atomic mass is 32.2. The maximum absolute atomic E-state index is 11.9. The monoisotopic (exact) mass is 266 g/mol. The fraction of sp³-hybridized carbons (Fsp3) is 0.429. The lowest BCUT2D eigenvalue weighted by Gasteiger charge is -2.14. The van der Waals surface area contributed by atoms with Crippen molar-refractivity contribution in [2.75, 3.05) is 6.61 Å². The lowest BCUT2D eigenvalue weighted by Crippen LogP contribution is -2.17. The zero-order valence-corrected chi connectivity index (χ0v) is 11.7. The van der Waals surface area contributed by atoms with E-state index in [9.17, 15) is 8.42 Å². The second-order valence-electron chi connectivity index (χ2n) is 4.48. The van der Waals surface area contributed by atoms with Gasteiger partial charge in [0.15, 0.2) is 0 Å². The Balaban J connectivity index is 2.72. The van der Waals surface area contributed by atoms with Crippen LogP contribution in [0, 0.1) is 31.1 Å². The Hall–Kier alpha value is -1.31. The first-order chi connectivity index (χ1) is 8.36. The minimum absolute atomic E-state index is 0.00442. The average molecular weight is 266 g/mol. The van der Waals surface area contributed by atoms with Crippen LogP contribution in [0.4, 0.5) is 0 Å². The van der Waals surface area contributed by atoms with Crippen LogP contribution in [0.1, 0.15) is 19.4 Å². The molecule has 0 aliphatic carbocycles. The molecule has 0 heterocycles. The van der Waals surface area contributed by atoms with Gasteiger partial charge in [0, 0.05) is 5.92 Å². The van der Waals surface area contributed by atoms with E-state index in [0.29, 0.717) is 0 Å². The van der Waals surface area contributed by atoms with Crippen LogP contribution in [0.15, 0.2) is 29.2 Å². The second-order valence-corrected chi connectivity index (χ2v) is 6.10. The minimum atomic E-state index is -3.68. The van der Waals surface area contributed by atoms with E-state index in [2.05, 4.69) is 5.92 Å². The Morgan fingerprint density at radius 1 is 1.28 bits per heavy atom. The molecule has 2 atom stereocenters. The fourth-order valence-electron chi connectivity index (χ4n) is 1.28. The number of hydrogen-bond donors (Lipinski definition) is 0. The van der Waals surface area contributed by atoms with Crippen LogP contribution in [0.5, 0.6) is 0 Å². The molecule has 0 aromatic heterocycles. The molecule has 0 fully saturated rings. The molecule has 0 saturated heterocycles. The van der Waals surface area contributed by atoms with E-state index in [1.165, 1.54) is 0 Å². The molecule has 0 saturated carbocycles. The summed E-state index contributed by atoms with van der Waals surface area (Å²) in [6.07, 6.45) is 5.29. The van der Waals surface area contributed by atoms with Crippen molar-refractivity contribution in [3.05, 3.63) is 29.8 Å². The predicted molar refractivity (Wildman–Crippen MR) is 71.5 cm³/mol. The summed E-state index contributed by atoms with van der Waals surface area (Å²) in [5.41, 5.74) is 1.00. The van der Waals surface area contributed by atoms with Crippen molar-refractivity contribution in [1.29, 1.82) is 0 Å². The van der Waals surface area contributed by atoms with E-state index < -0.39 is 10.1 Å². The number of terminal acetylenes is 1. The molecule has 0 bridgehead atoms. The second kappa shape index (κ2) is 6.03. The van der Waals surface area contributed by atoms with E-state index in [1.54, 1.807) is 24.3 Å². The summed E-state index contributed by atoms with van der Waals surface area (Å²) >= 11 is 0. The van der Waals surface area contributed by atoms with Crippen molar-refractivity contribution in [1.82, 2.24) is 0 Å². The summed E-state index contributed by atoms with van der Waals surface area (Å²) in [4.78, 5) is 0.175. The standard InChI is InChI=1S/C14H18O3S/c1-5-12(3)13(4)10-17-18(15,16)14-8-6-11(2)7-9-14/h1,6-9,12-13H,10H2,2-4H3. The van der Waals surface area contributed by atoms with Gasteiger partial charge in [-0.2, -0.15) is 8.42 Å². The van der Waals surface area contributed by atoms with Gasteiger partial charge in [-0.15, -0.1) is 12.3 Å². The van der Waals surface area contributed by atoms with Crippen LogP contribution < -0.4 is 0 Å². The first kappa shape index (κ1) is 14.7. The smallest absolute Gasteiger partial charge is 0.266 e. The van der Waals surface area contributed by atoms with Gasteiger partial charge in [-0.25, -0.2) is 0 Å². The lowest BCUT2D eigenvalue weighted by molar-refractivity contribution is 0.242. The molecular weight excluding hydrogens is 248 g/mol. The first-order valence-corrected chi connectivity index (χ1v) is 7.20. The molecule has 18 heavy (non-hydrogen) atoms. The zero-order chi connectivity index (χ0) is 13.8. The third kappa shape index (κ3) is 3.86. The van der Waals surface area contributed by atoms with Crippen molar-refractivity contribution in [3.63, 3.8) is 0 Å². The van der Waals surface area contributed by atoms with Gasteiger partial charge < -0.3 is 0 Å². The highest BCUT2D eigenvalue weighted by molar-refractivity contribution is 7.86. The van der Waals surface area contributed by atoms with Gasteiger partial charge in [0.25, 0.3) is 10.1 Å². The van der Waals surface area contributed by atoms with Gasteiger partial charge in [0.1, 0.15) is 0 Å². The molecule has 0 N–H and O–H groups in total. The summed E-state index contributed by atoms with van der Waals surface area (Å²) in [5.74, 6) is 2.55. The highest BCUT2D eigenvalue weighted by Crippen LogP contribution is 2.16. The van der Waals surface area contributed by atoms with Gasteiger partial charge >= 0.3 is 0 Å². The van der Waals surface area contributed by atoms with Gasteiger partial charge in [-0.05, 0) is 25.0 Å². The summed E-state index contributed by atoms with van der Waals surface area (Å²) in [7, 11) is -3.68. The molecule has 0 aliphatic heterocycles. The normalized spacial score (nSPS) is 14.8.